The molecule has 1 fully saturated rings. The van der Waals surface area contributed by atoms with Crippen LogP contribution in [0.5, 0.6) is 0 Å². The highest BCUT2D eigenvalue weighted by atomic mass is 19.4. The molecule has 3 aromatic rings. The molecule has 0 amide bonds. The molecule has 0 bridgehead atoms. The van der Waals surface area contributed by atoms with Gasteiger partial charge in [0.1, 0.15) is 0 Å². The van der Waals surface area contributed by atoms with Gasteiger partial charge >= 0.3 is 6.18 Å². The van der Waals surface area contributed by atoms with Crippen molar-refractivity contribution in [2.45, 2.75) is 26.2 Å². The molecular formula is C22H23F3N4O. The van der Waals surface area contributed by atoms with E-state index >= 15 is 0 Å². The highest BCUT2D eigenvalue weighted by Crippen LogP contribution is 2.30. The van der Waals surface area contributed by atoms with E-state index in [2.05, 4.69) is 51.1 Å². The quantitative estimate of drug-likeness (QED) is 0.618. The molecule has 4 rings (SSSR count). The Bertz CT molecular complexity index is 977. The van der Waals surface area contributed by atoms with Crippen LogP contribution in [-0.4, -0.2) is 46.1 Å². The maximum atomic E-state index is 12.7. The van der Waals surface area contributed by atoms with Crippen molar-refractivity contribution in [2.75, 3.05) is 26.2 Å². The predicted molar refractivity (Wildman–Crippen MR) is 106 cm³/mol. The molecule has 1 saturated heterocycles. The van der Waals surface area contributed by atoms with Crippen molar-refractivity contribution in [3.8, 4) is 11.4 Å². The second-order valence-electron chi connectivity index (χ2n) is 7.57. The summed E-state index contributed by atoms with van der Waals surface area (Å²) >= 11 is 0. The van der Waals surface area contributed by atoms with Crippen LogP contribution in [0.4, 0.5) is 13.2 Å². The lowest BCUT2D eigenvalue weighted by Crippen LogP contribution is -2.45. The van der Waals surface area contributed by atoms with Gasteiger partial charge in [-0.3, -0.25) is 9.80 Å². The van der Waals surface area contributed by atoms with Crippen LogP contribution in [0.25, 0.3) is 11.4 Å². The molecule has 0 spiro atoms. The Hall–Kier alpha value is -2.71. The maximum Gasteiger partial charge on any atom is 0.416 e. The Balaban J connectivity index is 1.31. The van der Waals surface area contributed by atoms with Gasteiger partial charge in [0.25, 0.3) is 0 Å². The van der Waals surface area contributed by atoms with Gasteiger partial charge in [0, 0.05) is 38.3 Å². The van der Waals surface area contributed by atoms with E-state index in [9.17, 15) is 13.2 Å². The number of alkyl halides is 3. The van der Waals surface area contributed by atoms with E-state index in [4.69, 9.17) is 4.52 Å². The Morgan fingerprint density at radius 2 is 1.53 bits per heavy atom. The topological polar surface area (TPSA) is 45.4 Å². The van der Waals surface area contributed by atoms with Crippen LogP contribution in [0.15, 0.2) is 53.1 Å². The third-order valence-electron chi connectivity index (χ3n) is 5.42. The molecule has 0 unspecified atom stereocenters. The molecule has 158 valence electrons. The molecule has 2 aromatic carbocycles. The molecule has 0 aliphatic carbocycles. The summed E-state index contributed by atoms with van der Waals surface area (Å²) in [4.78, 5) is 9.03. The van der Waals surface area contributed by atoms with E-state index in [0.29, 0.717) is 23.8 Å². The lowest BCUT2D eigenvalue weighted by molar-refractivity contribution is -0.137. The van der Waals surface area contributed by atoms with Crippen molar-refractivity contribution >= 4 is 0 Å². The Labute approximate surface area is 173 Å². The molecule has 8 heteroatoms. The van der Waals surface area contributed by atoms with Crippen LogP contribution < -0.4 is 0 Å². The monoisotopic (exact) mass is 416 g/mol. The standard InChI is InChI=1S/C22H23F3N4O/c1-16-4-2-3-5-18(16)14-28-10-12-29(13-11-28)15-20-26-21(27-30-20)17-6-8-19(9-7-17)22(23,24)25/h2-9H,10-15H2,1H3. The number of nitrogens with zero attached hydrogens (tertiary/aromatic N) is 4. The Kier molecular flexibility index (Phi) is 5.87. The number of hydrogen-bond acceptors (Lipinski definition) is 5. The van der Waals surface area contributed by atoms with Gasteiger partial charge in [-0.15, -0.1) is 0 Å². The smallest absolute Gasteiger partial charge is 0.338 e. The SMILES string of the molecule is Cc1ccccc1CN1CCN(Cc2nc(-c3ccc(C(F)(F)F)cc3)no2)CC1. The zero-order valence-corrected chi connectivity index (χ0v) is 16.7. The first kappa shape index (κ1) is 20.6. The number of piperazine rings is 1. The fourth-order valence-corrected chi connectivity index (χ4v) is 3.57. The third-order valence-corrected chi connectivity index (χ3v) is 5.42. The van der Waals surface area contributed by atoms with Gasteiger partial charge in [-0.05, 0) is 30.2 Å². The van der Waals surface area contributed by atoms with Crippen molar-refractivity contribution in [3.63, 3.8) is 0 Å². The summed E-state index contributed by atoms with van der Waals surface area (Å²) in [6.45, 7) is 7.30. The molecule has 1 aliphatic rings. The number of benzene rings is 2. The summed E-state index contributed by atoms with van der Waals surface area (Å²) in [7, 11) is 0. The average Bonchev–Trinajstić information content (AvgIpc) is 3.19. The highest BCUT2D eigenvalue weighted by molar-refractivity contribution is 5.54. The molecule has 0 radical (unpaired) electrons. The van der Waals surface area contributed by atoms with Crippen LogP contribution in [0.3, 0.4) is 0 Å². The molecule has 0 saturated carbocycles. The first-order valence-corrected chi connectivity index (χ1v) is 9.88. The van der Waals surface area contributed by atoms with Gasteiger partial charge in [-0.2, -0.15) is 18.2 Å². The van der Waals surface area contributed by atoms with Gasteiger partial charge in [0.05, 0.1) is 12.1 Å². The van der Waals surface area contributed by atoms with Gasteiger partial charge in [-0.1, -0.05) is 41.6 Å². The van der Waals surface area contributed by atoms with Crippen molar-refractivity contribution in [3.05, 3.63) is 71.1 Å². The van der Waals surface area contributed by atoms with Crippen LogP contribution in [-0.2, 0) is 19.3 Å². The van der Waals surface area contributed by atoms with Gasteiger partial charge in [0.15, 0.2) is 0 Å². The van der Waals surface area contributed by atoms with Crippen LogP contribution in [0.2, 0.25) is 0 Å². The van der Waals surface area contributed by atoms with Crippen molar-refractivity contribution in [1.82, 2.24) is 19.9 Å². The van der Waals surface area contributed by atoms with Crippen molar-refractivity contribution < 1.29 is 17.7 Å². The Morgan fingerprint density at radius 1 is 0.900 bits per heavy atom. The summed E-state index contributed by atoms with van der Waals surface area (Å²) < 4.78 is 43.4. The second-order valence-corrected chi connectivity index (χ2v) is 7.57. The summed E-state index contributed by atoms with van der Waals surface area (Å²) in [5, 5.41) is 3.92. The number of halogens is 3. The van der Waals surface area contributed by atoms with Crippen LogP contribution in [0.1, 0.15) is 22.6 Å². The van der Waals surface area contributed by atoms with E-state index in [0.717, 1.165) is 44.9 Å². The Morgan fingerprint density at radius 3 is 2.17 bits per heavy atom. The van der Waals surface area contributed by atoms with E-state index in [1.54, 1.807) is 0 Å². The second kappa shape index (κ2) is 8.57. The van der Waals surface area contributed by atoms with E-state index < -0.39 is 11.7 Å². The molecule has 5 nitrogen and oxygen atoms in total. The van der Waals surface area contributed by atoms with E-state index in [-0.39, 0.29) is 0 Å². The highest BCUT2D eigenvalue weighted by Gasteiger charge is 2.30. The predicted octanol–water partition coefficient (Wildman–Crippen LogP) is 4.38. The van der Waals surface area contributed by atoms with Crippen molar-refractivity contribution in [1.29, 1.82) is 0 Å². The summed E-state index contributed by atoms with van der Waals surface area (Å²) in [5.41, 5.74) is 2.46. The van der Waals surface area contributed by atoms with Crippen LogP contribution >= 0.6 is 0 Å². The van der Waals surface area contributed by atoms with Gasteiger partial charge in [0.2, 0.25) is 11.7 Å². The summed E-state index contributed by atoms with van der Waals surface area (Å²) in [6.07, 6.45) is -4.36. The first-order valence-electron chi connectivity index (χ1n) is 9.88. The zero-order valence-electron chi connectivity index (χ0n) is 16.7. The summed E-state index contributed by atoms with van der Waals surface area (Å²) in [6, 6.07) is 13.2. The minimum Gasteiger partial charge on any atom is -0.338 e. The number of aromatic nitrogens is 2. The fraction of sp³-hybridized carbons (Fsp3) is 0.364. The molecule has 1 aromatic heterocycles. The summed E-state index contributed by atoms with van der Waals surface area (Å²) in [5.74, 6) is 0.772. The van der Waals surface area contributed by atoms with Gasteiger partial charge in [-0.25, -0.2) is 0 Å². The lowest BCUT2D eigenvalue weighted by Gasteiger charge is -2.34. The minimum atomic E-state index is -4.36. The van der Waals surface area contributed by atoms with E-state index in [1.807, 2.05) is 0 Å². The largest absolute Gasteiger partial charge is 0.416 e. The molecule has 1 aliphatic heterocycles. The number of rotatable bonds is 5. The third kappa shape index (κ3) is 4.88. The lowest BCUT2D eigenvalue weighted by atomic mass is 10.1. The number of aryl methyl sites for hydroxylation is 1. The maximum absolute atomic E-state index is 12.7. The van der Waals surface area contributed by atoms with Gasteiger partial charge < -0.3 is 4.52 Å². The zero-order chi connectivity index (χ0) is 21.1. The van der Waals surface area contributed by atoms with E-state index in [1.165, 1.54) is 23.3 Å². The fourth-order valence-electron chi connectivity index (χ4n) is 3.57. The molecular weight excluding hydrogens is 393 g/mol. The minimum absolute atomic E-state index is 0.303. The number of hydrogen-bond donors (Lipinski definition) is 0. The van der Waals surface area contributed by atoms with Crippen molar-refractivity contribution in [2.24, 2.45) is 0 Å². The molecule has 2 heterocycles. The molecule has 0 N–H and O–H groups in total. The molecule has 0 atom stereocenters. The average molecular weight is 416 g/mol. The van der Waals surface area contributed by atoms with Crippen LogP contribution in [0, 0.1) is 6.92 Å². The normalized spacial score (nSPS) is 16.1. The first-order chi connectivity index (χ1) is 14.4. The molecule has 30 heavy (non-hydrogen) atoms.